The minimum absolute atomic E-state index is 0. The van der Waals surface area contributed by atoms with Crippen LogP contribution in [0.15, 0.2) is 24.3 Å². The molecule has 0 radical (unpaired) electrons. The van der Waals surface area contributed by atoms with Crippen LogP contribution in [0.3, 0.4) is 0 Å². The number of benzene rings is 1. The molecule has 2 rings (SSSR count). The molecule has 1 heterocycles. The number of carbonyl (C=O) groups excluding carboxylic acids is 1. The van der Waals surface area contributed by atoms with Gasteiger partial charge in [-0.05, 0) is 24.9 Å². The Bertz CT molecular complexity index is 458. The van der Waals surface area contributed by atoms with Crippen molar-refractivity contribution in [2.75, 3.05) is 6.54 Å². The van der Waals surface area contributed by atoms with Crippen molar-refractivity contribution in [1.29, 1.82) is 0 Å². The topological polar surface area (TPSA) is 84.3 Å². The Balaban J connectivity index is 0.00000200. The second kappa shape index (κ2) is 7.81. The summed E-state index contributed by atoms with van der Waals surface area (Å²) in [5.41, 5.74) is 0.920. The van der Waals surface area contributed by atoms with Gasteiger partial charge >= 0.3 is 0 Å². The van der Waals surface area contributed by atoms with Crippen molar-refractivity contribution in [1.82, 2.24) is 10.6 Å². The molecule has 2 N–H and O–H groups in total. The lowest BCUT2D eigenvalue weighted by Gasteiger charge is -2.10. The lowest BCUT2D eigenvalue weighted by atomic mass is 10.1. The highest BCUT2D eigenvalue weighted by Crippen LogP contribution is 2.12. The lowest BCUT2D eigenvalue weighted by molar-refractivity contribution is -0.384. The maximum absolute atomic E-state index is 11.7. The zero-order valence-electron chi connectivity index (χ0n) is 11.0. The largest absolute Gasteiger partial charge is 0.352 e. The normalized spacial score (nSPS) is 17.3. The first-order valence-corrected chi connectivity index (χ1v) is 6.38. The first-order chi connectivity index (χ1) is 9.15. The summed E-state index contributed by atoms with van der Waals surface area (Å²) in [5, 5.41) is 16.6. The molecule has 1 aromatic carbocycles. The van der Waals surface area contributed by atoms with Gasteiger partial charge in [-0.1, -0.05) is 12.1 Å². The highest BCUT2D eigenvalue weighted by molar-refractivity contribution is 5.85. The van der Waals surface area contributed by atoms with Crippen LogP contribution in [-0.4, -0.2) is 23.4 Å². The van der Waals surface area contributed by atoms with Crippen molar-refractivity contribution in [3.05, 3.63) is 39.9 Å². The van der Waals surface area contributed by atoms with Crippen LogP contribution >= 0.6 is 12.4 Å². The Labute approximate surface area is 123 Å². The molecule has 1 fully saturated rings. The predicted octanol–water partition coefficient (Wildman–Crippen LogP) is 1.77. The quantitative estimate of drug-likeness (QED) is 0.641. The Morgan fingerprint density at radius 1 is 1.40 bits per heavy atom. The summed E-state index contributed by atoms with van der Waals surface area (Å²) in [4.78, 5) is 21.8. The van der Waals surface area contributed by atoms with E-state index in [2.05, 4.69) is 10.6 Å². The van der Waals surface area contributed by atoms with Gasteiger partial charge in [-0.2, -0.15) is 0 Å². The average Bonchev–Trinajstić information content (AvgIpc) is 2.89. The van der Waals surface area contributed by atoms with Gasteiger partial charge in [0.2, 0.25) is 5.91 Å². The van der Waals surface area contributed by atoms with Crippen molar-refractivity contribution in [2.45, 2.75) is 31.8 Å². The summed E-state index contributed by atoms with van der Waals surface area (Å²) in [6, 6.07) is 6.50. The second-order valence-electron chi connectivity index (χ2n) is 4.70. The zero-order chi connectivity index (χ0) is 13.7. The molecule has 1 amide bonds. The predicted molar refractivity (Wildman–Crippen MR) is 77.8 cm³/mol. The standard InChI is InChI=1S/C13H17N3O3.ClH/c17-13(8-11-2-1-7-14-11)15-9-10-3-5-12(6-4-10)16(18)19;/h3-6,11,14H,1-2,7-9H2,(H,15,17);1H. The molecule has 1 aromatic rings. The van der Waals surface area contributed by atoms with E-state index < -0.39 is 4.92 Å². The third-order valence-electron chi connectivity index (χ3n) is 3.23. The first kappa shape index (κ1) is 16.4. The van der Waals surface area contributed by atoms with Crippen LogP contribution in [0.5, 0.6) is 0 Å². The van der Waals surface area contributed by atoms with Crippen molar-refractivity contribution in [3.8, 4) is 0 Å². The van der Waals surface area contributed by atoms with E-state index in [0.29, 0.717) is 13.0 Å². The number of nitrogens with one attached hydrogen (secondary N) is 2. The van der Waals surface area contributed by atoms with Gasteiger partial charge in [-0.25, -0.2) is 0 Å². The Hall–Kier alpha value is -1.66. The molecule has 1 atom stereocenters. The van der Waals surface area contributed by atoms with E-state index >= 15 is 0 Å². The molecule has 1 saturated heterocycles. The fraction of sp³-hybridized carbons (Fsp3) is 0.462. The molecule has 1 aliphatic heterocycles. The van der Waals surface area contributed by atoms with Gasteiger partial charge in [0, 0.05) is 31.1 Å². The zero-order valence-corrected chi connectivity index (χ0v) is 11.8. The lowest BCUT2D eigenvalue weighted by Crippen LogP contribution is -2.31. The summed E-state index contributed by atoms with van der Waals surface area (Å²) in [6.45, 7) is 1.39. The molecule has 110 valence electrons. The molecule has 7 heteroatoms. The summed E-state index contributed by atoms with van der Waals surface area (Å²) < 4.78 is 0. The van der Waals surface area contributed by atoms with Gasteiger partial charge in [0.05, 0.1) is 4.92 Å². The summed E-state index contributed by atoms with van der Waals surface area (Å²) in [6.07, 6.45) is 2.66. The molecular weight excluding hydrogens is 282 g/mol. The van der Waals surface area contributed by atoms with E-state index in [-0.39, 0.29) is 30.0 Å². The highest BCUT2D eigenvalue weighted by Gasteiger charge is 2.17. The fourth-order valence-corrected chi connectivity index (χ4v) is 2.16. The molecular formula is C13H18ClN3O3. The third-order valence-corrected chi connectivity index (χ3v) is 3.23. The maximum Gasteiger partial charge on any atom is 0.269 e. The third kappa shape index (κ3) is 4.79. The van der Waals surface area contributed by atoms with Crippen LogP contribution in [0.1, 0.15) is 24.8 Å². The first-order valence-electron chi connectivity index (χ1n) is 6.38. The number of hydrogen-bond donors (Lipinski definition) is 2. The molecule has 0 aliphatic carbocycles. The highest BCUT2D eigenvalue weighted by atomic mass is 35.5. The van der Waals surface area contributed by atoms with Crippen LogP contribution in [0.25, 0.3) is 0 Å². The van der Waals surface area contributed by atoms with Gasteiger partial charge in [-0.3, -0.25) is 14.9 Å². The number of halogens is 1. The summed E-state index contributed by atoms with van der Waals surface area (Å²) >= 11 is 0. The number of nitro groups is 1. The van der Waals surface area contributed by atoms with Gasteiger partial charge in [0.1, 0.15) is 0 Å². The molecule has 0 bridgehead atoms. The molecule has 0 spiro atoms. The molecule has 6 nitrogen and oxygen atoms in total. The van der Waals surface area contributed by atoms with Crippen LogP contribution in [-0.2, 0) is 11.3 Å². The van der Waals surface area contributed by atoms with E-state index in [1.54, 1.807) is 12.1 Å². The van der Waals surface area contributed by atoms with E-state index in [1.807, 2.05) is 0 Å². The van der Waals surface area contributed by atoms with Crippen molar-refractivity contribution in [3.63, 3.8) is 0 Å². The van der Waals surface area contributed by atoms with Crippen molar-refractivity contribution >= 4 is 24.0 Å². The van der Waals surface area contributed by atoms with Gasteiger partial charge in [0.25, 0.3) is 5.69 Å². The van der Waals surface area contributed by atoms with Crippen LogP contribution < -0.4 is 10.6 Å². The van der Waals surface area contributed by atoms with Crippen molar-refractivity contribution in [2.24, 2.45) is 0 Å². The summed E-state index contributed by atoms with van der Waals surface area (Å²) in [7, 11) is 0. The van der Waals surface area contributed by atoms with Gasteiger partial charge < -0.3 is 10.6 Å². The Morgan fingerprint density at radius 3 is 2.65 bits per heavy atom. The van der Waals surface area contributed by atoms with E-state index in [1.165, 1.54) is 12.1 Å². The van der Waals surface area contributed by atoms with Crippen LogP contribution in [0.4, 0.5) is 5.69 Å². The van der Waals surface area contributed by atoms with E-state index in [4.69, 9.17) is 0 Å². The molecule has 20 heavy (non-hydrogen) atoms. The van der Waals surface area contributed by atoms with E-state index in [9.17, 15) is 14.9 Å². The number of rotatable bonds is 5. The SMILES string of the molecule is Cl.O=C(CC1CCCN1)NCc1ccc([N+](=O)[O-])cc1. The number of hydrogen-bond acceptors (Lipinski definition) is 4. The number of amides is 1. The van der Waals surface area contributed by atoms with Gasteiger partial charge in [-0.15, -0.1) is 12.4 Å². The molecule has 0 saturated carbocycles. The van der Waals surface area contributed by atoms with Crippen LogP contribution in [0, 0.1) is 10.1 Å². The van der Waals surface area contributed by atoms with Gasteiger partial charge in [0.15, 0.2) is 0 Å². The average molecular weight is 300 g/mol. The minimum atomic E-state index is -0.436. The summed E-state index contributed by atoms with van der Waals surface area (Å²) in [5.74, 6) is 0.0118. The van der Waals surface area contributed by atoms with Crippen molar-refractivity contribution < 1.29 is 9.72 Å². The molecule has 1 aliphatic rings. The number of nitrogens with zero attached hydrogens (tertiary/aromatic N) is 1. The second-order valence-corrected chi connectivity index (χ2v) is 4.70. The number of nitro benzene ring substituents is 1. The molecule has 0 aromatic heterocycles. The van der Waals surface area contributed by atoms with Crippen LogP contribution in [0.2, 0.25) is 0 Å². The Morgan fingerprint density at radius 2 is 2.10 bits per heavy atom. The fourth-order valence-electron chi connectivity index (χ4n) is 2.16. The number of non-ortho nitro benzene ring substituents is 1. The Kier molecular flexibility index (Phi) is 6.41. The monoisotopic (exact) mass is 299 g/mol. The molecule has 1 unspecified atom stereocenters. The maximum atomic E-state index is 11.7. The minimum Gasteiger partial charge on any atom is -0.352 e. The van der Waals surface area contributed by atoms with E-state index in [0.717, 1.165) is 24.9 Å². The smallest absolute Gasteiger partial charge is 0.269 e. The number of carbonyl (C=O) groups is 1.